The molecule has 0 bridgehead atoms. The van der Waals surface area contributed by atoms with Crippen molar-refractivity contribution in [2.75, 3.05) is 6.61 Å². The molecule has 1 fully saturated rings. The molecule has 3 rings (SSSR count). The number of rotatable bonds is 5. The molecule has 29 heavy (non-hydrogen) atoms. The number of nitrogens with one attached hydrogen (secondary N) is 1. The number of carbonyl (C=O) groups excluding carboxylic acids is 1. The molecule has 0 saturated carbocycles. The van der Waals surface area contributed by atoms with Crippen molar-refractivity contribution >= 4 is 5.91 Å². The first-order valence-corrected chi connectivity index (χ1v) is 9.13. The Morgan fingerprint density at radius 1 is 1.31 bits per heavy atom. The summed E-state index contributed by atoms with van der Waals surface area (Å²) >= 11 is 0. The minimum atomic E-state index is -4.84. The van der Waals surface area contributed by atoms with Crippen molar-refractivity contribution in [2.45, 2.75) is 45.1 Å². The van der Waals surface area contributed by atoms with E-state index >= 15 is 0 Å². The average molecular weight is 412 g/mol. The van der Waals surface area contributed by atoms with E-state index in [0.717, 1.165) is 25.0 Å². The lowest BCUT2D eigenvalue weighted by atomic mass is 10.1. The summed E-state index contributed by atoms with van der Waals surface area (Å²) in [5.74, 6) is -2.22. The number of aryl methyl sites for hydroxylation is 1. The normalized spacial score (nSPS) is 16.8. The van der Waals surface area contributed by atoms with Gasteiger partial charge in [0.2, 0.25) is 0 Å². The van der Waals surface area contributed by atoms with E-state index < -0.39 is 35.6 Å². The zero-order chi connectivity index (χ0) is 21.2. The fourth-order valence-electron chi connectivity index (χ4n) is 3.29. The van der Waals surface area contributed by atoms with Crippen LogP contribution in [0.1, 0.15) is 39.9 Å². The Kier molecular flexibility index (Phi) is 6.07. The van der Waals surface area contributed by atoms with Crippen LogP contribution in [-0.4, -0.2) is 23.2 Å². The van der Waals surface area contributed by atoms with Crippen LogP contribution in [0.25, 0.3) is 0 Å². The molecule has 5 nitrogen and oxygen atoms in total. The summed E-state index contributed by atoms with van der Waals surface area (Å²) in [7, 11) is 0. The van der Waals surface area contributed by atoms with Crippen molar-refractivity contribution < 1.29 is 27.1 Å². The van der Waals surface area contributed by atoms with Crippen molar-refractivity contribution in [1.29, 1.82) is 0 Å². The van der Waals surface area contributed by atoms with Crippen molar-refractivity contribution in [2.24, 2.45) is 0 Å². The van der Waals surface area contributed by atoms with Gasteiger partial charge < -0.3 is 14.6 Å². The van der Waals surface area contributed by atoms with Gasteiger partial charge in [-0.3, -0.25) is 9.59 Å². The minimum absolute atomic E-state index is 0.106. The number of amides is 1. The maximum absolute atomic E-state index is 14.1. The first-order chi connectivity index (χ1) is 13.7. The standard InChI is InChI=1S/C20H20F4N2O3/c1-12-7-8-26(11-14-5-3-9-29-14)19(28)16(12)18(27)25-10-13-4-2-6-15(17(13)21)20(22,23)24/h2,4,6-8,14H,3,5,9-11H2,1H3,(H,25,27). The molecular weight excluding hydrogens is 392 g/mol. The van der Waals surface area contributed by atoms with E-state index in [-0.39, 0.29) is 17.2 Å². The predicted octanol–water partition coefficient (Wildman–Crippen LogP) is 3.42. The maximum Gasteiger partial charge on any atom is 0.419 e. The van der Waals surface area contributed by atoms with Crippen LogP contribution in [0.5, 0.6) is 0 Å². The monoisotopic (exact) mass is 412 g/mol. The zero-order valence-electron chi connectivity index (χ0n) is 15.7. The highest BCUT2D eigenvalue weighted by Gasteiger charge is 2.34. The summed E-state index contributed by atoms with van der Waals surface area (Å²) in [6.07, 6.45) is -1.65. The molecule has 1 aliphatic rings. The van der Waals surface area contributed by atoms with Gasteiger partial charge in [0, 0.05) is 24.9 Å². The number of pyridine rings is 1. The third-order valence-corrected chi connectivity index (χ3v) is 4.85. The van der Waals surface area contributed by atoms with Crippen LogP contribution >= 0.6 is 0 Å². The molecule has 0 aliphatic carbocycles. The number of ether oxygens (including phenoxy) is 1. The van der Waals surface area contributed by atoms with Crippen LogP contribution in [0.15, 0.2) is 35.3 Å². The summed E-state index contributed by atoms with van der Waals surface area (Å²) in [4.78, 5) is 25.2. The topological polar surface area (TPSA) is 60.3 Å². The van der Waals surface area contributed by atoms with Gasteiger partial charge in [0.15, 0.2) is 0 Å². The molecule has 0 radical (unpaired) electrons. The van der Waals surface area contributed by atoms with Gasteiger partial charge in [0.1, 0.15) is 11.4 Å². The van der Waals surface area contributed by atoms with E-state index in [1.54, 1.807) is 19.2 Å². The van der Waals surface area contributed by atoms with Crippen molar-refractivity contribution in [3.8, 4) is 0 Å². The van der Waals surface area contributed by atoms with Gasteiger partial charge in [0.05, 0.1) is 18.2 Å². The van der Waals surface area contributed by atoms with Gasteiger partial charge in [-0.2, -0.15) is 13.2 Å². The molecule has 1 amide bonds. The van der Waals surface area contributed by atoms with E-state index in [1.165, 1.54) is 4.57 Å². The second kappa shape index (κ2) is 8.36. The molecule has 1 aliphatic heterocycles. The van der Waals surface area contributed by atoms with Gasteiger partial charge in [-0.1, -0.05) is 12.1 Å². The van der Waals surface area contributed by atoms with Gasteiger partial charge in [-0.05, 0) is 37.5 Å². The van der Waals surface area contributed by atoms with E-state index in [2.05, 4.69) is 5.32 Å². The highest BCUT2D eigenvalue weighted by Crippen LogP contribution is 2.32. The van der Waals surface area contributed by atoms with Gasteiger partial charge in [0.25, 0.3) is 11.5 Å². The number of carbonyl (C=O) groups is 1. The largest absolute Gasteiger partial charge is 0.419 e. The molecule has 1 aromatic heterocycles. The second-order valence-corrected chi connectivity index (χ2v) is 6.93. The van der Waals surface area contributed by atoms with Crippen LogP contribution in [-0.2, 0) is 24.0 Å². The van der Waals surface area contributed by atoms with E-state index in [0.29, 0.717) is 24.8 Å². The lowest BCUT2D eigenvalue weighted by molar-refractivity contribution is -0.140. The Bertz CT molecular complexity index is 963. The Balaban J connectivity index is 1.78. The number of halogens is 4. The number of benzene rings is 1. The van der Waals surface area contributed by atoms with E-state index in [1.807, 2.05) is 0 Å². The molecule has 1 unspecified atom stereocenters. The SMILES string of the molecule is Cc1ccn(CC2CCCO2)c(=O)c1C(=O)NCc1cccc(C(F)(F)F)c1F. The summed E-state index contributed by atoms with van der Waals surface area (Å²) in [5.41, 5.74) is -1.96. The fourth-order valence-corrected chi connectivity index (χ4v) is 3.29. The number of alkyl halides is 3. The molecule has 2 heterocycles. The lowest BCUT2D eigenvalue weighted by Gasteiger charge is -2.15. The predicted molar refractivity (Wildman–Crippen MR) is 97.0 cm³/mol. The molecule has 1 aromatic carbocycles. The van der Waals surface area contributed by atoms with Crippen molar-refractivity contribution in [3.63, 3.8) is 0 Å². The second-order valence-electron chi connectivity index (χ2n) is 6.93. The molecule has 9 heteroatoms. The van der Waals surface area contributed by atoms with Gasteiger partial charge in [-0.15, -0.1) is 0 Å². The quantitative estimate of drug-likeness (QED) is 0.766. The summed E-state index contributed by atoms with van der Waals surface area (Å²) in [5, 5.41) is 2.35. The molecule has 2 aromatic rings. The fraction of sp³-hybridized carbons (Fsp3) is 0.400. The highest BCUT2D eigenvalue weighted by molar-refractivity contribution is 5.95. The highest BCUT2D eigenvalue weighted by atomic mass is 19.4. The molecule has 1 saturated heterocycles. The summed E-state index contributed by atoms with van der Waals surface area (Å²) in [6.45, 7) is 2.04. The third kappa shape index (κ3) is 4.67. The Morgan fingerprint density at radius 2 is 2.07 bits per heavy atom. The lowest BCUT2D eigenvalue weighted by Crippen LogP contribution is -2.35. The number of hydrogen-bond acceptors (Lipinski definition) is 3. The Hall–Kier alpha value is -2.68. The first-order valence-electron chi connectivity index (χ1n) is 9.13. The number of hydrogen-bond donors (Lipinski definition) is 1. The van der Waals surface area contributed by atoms with Crippen molar-refractivity contribution in [3.05, 3.63) is 68.9 Å². The van der Waals surface area contributed by atoms with E-state index in [4.69, 9.17) is 4.74 Å². The Morgan fingerprint density at radius 3 is 2.72 bits per heavy atom. The number of aromatic nitrogens is 1. The zero-order valence-corrected chi connectivity index (χ0v) is 15.7. The average Bonchev–Trinajstić information content (AvgIpc) is 3.15. The molecule has 0 spiro atoms. The molecular formula is C20H20F4N2O3. The summed E-state index contributed by atoms with van der Waals surface area (Å²) in [6, 6.07) is 4.45. The van der Waals surface area contributed by atoms with Gasteiger partial charge in [-0.25, -0.2) is 4.39 Å². The smallest absolute Gasteiger partial charge is 0.376 e. The number of nitrogens with zero attached hydrogens (tertiary/aromatic N) is 1. The van der Waals surface area contributed by atoms with Gasteiger partial charge >= 0.3 is 6.18 Å². The van der Waals surface area contributed by atoms with Crippen LogP contribution in [0.3, 0.4) is 0 Å². The van der Waals surface area contributed by atoms with Crippen molar-refractivity contribution in [1.82, 2.24) is 9.88 Å². The van der Waals surface area contributed by atoms with Crippen LogP contribution in [0, 0.1) is 12.7 Å². The van der Waals surface area contributed by atoms with E-state index in [9.17, 15) is 27.2 Å². The molecule has 1 atom stereocenters. The molecule has 156 valence electrons. The van der Waals surface area contributed by atoms with Crippen LogP contribution in [0.4, 0.5) is 17.6 Å². The molecule has 1 N–H and O–H groups in total. The van der Waals surface area contributed by atoms with Crippen LogP contribution in [0.2, 0.25) is 0 Å². The van der Waals surface area contributed by atoms with Crippen LogP contribution < -0.4 is 10.9 Å². The first kappa shape index (κ1) is 21.0. The Labute approximate surface area is 164 Å². The maximum atomic E-state index is 14.1. The summed E-state index contributed by atoms with van der Waals surface area (Å²) < 4.78 is 59.5. The minimum Gasteiger partial charge on any atom is -0.376 e. The third-order valence-electron chi connectivity index (χ3n) is 4.85.